The Bertz CT molecular complexity index is 819. The number of carbonyl (C=O) groups excluding carboxylic acids is 1. The maximum Gasteiger partial charge on any atom is 0.340 e. The smallest absolute Gasteiger partial charge is 0.340 e. The van der Waals surface area contributed by atoms with Crippen LogP contribution in [-0.2, 0) is 11.3 Å². The first kappa shape index (κ1) is 12.5. The SMILES string of the molecule is COC(=O)c1cc2oc3ccc(CO)cc3c2cc1N. The second kappa shape index (κ2) is 4.54. The van der Waals surface area contributed by atoms with Gasteiger partial charge in [0.05, 0.1) is 19.3 Å². The highest BCUT2D eigenvalue weighted by atomic mass is 16.5. The Labute approximate surface area is 114 Å². The van der Waals surface area contributed by atoms with Gasteiger partial charge in [-0.05, 0) is 29.8 Å². The second-order valence-electron chi connectivity index (χ2n) is 4.52. The molecule has 0 fully saturated rings. The van der Waals surface area contributed by atoms with Crippen LogP contribution >= 0.6 is 0 Å². The number of hydrogen-bond acceptors (Lipinski definition) is 5. The molecule has 0 aliphatic heterocycles. The van der Waals surface area contributed by atoms with Crippen molar-refractivity contribution in [3.05, 3.63) is 41.5 Å². The maximum atomic E-state index is 11.6. The van der Waals surface area contributed by atoms with Crippen LogP contribution < -0.4 is 5.73 Å². The second-order valence-corrected chi connectivity index (χ2v) is 4.52. The summed E-state index contributed by atoms with van der Waals surface area (Å²) in [5, 5.41) is 10.9. The molecule has 3 rings (SSSR count). The van der Waals surface area contributed by atoms with Crippen LogP contribution in [0.1, 0.15) is 15.9 Å². The number of nitrogen functional groups attached to an aromatic ring is 1. The Hall–Kier alpha value is -2.53. The molecule has 0 bridgehead atoms. The summed E-state index contributed by atoms with van der Waals surface area (Å²) < 4.78 is 10.4. The molecule has 0 amide bonds. The molecule has 0 saturated heterocycles. The first-order valence-corrected chi connectivity index (χ1v) is 6.08. The number of carbonyl (C=O) groups is 1. The van der Waals surface area contributed by atoms with E-state index in [2.05, 4.69) is 4.74 Å². The van der Waals surface area contributed by atoms with Gasteiger partial charge in [-0.3, -0.25) is 0 Å². The van der Waals surface area contributed by atoms with Crippen LogP contribution in [0.3, 0.4) is 0 Å². The van der Waals surface area contributed by atoms with Gasteiger partial charge in [0, 0.05) is 16.5 Å². The lowest BCUT2D eigenvalue weighted by atomic mass is 10.1. The fraction of sp³-hybridized carbons (Fsp3) is 0.133. The van der Waals surface area contributed by atoms with E-state index in [4.69, 9.17) is 10.2 Å². The van der Waals surface area contributed by atoms with Gasteiger partial charge in [-0.1, -0.05) is 6.07 Å². The Balaban J connectivity index is 2.32. The van der Waals surface area contributed by atoms with Gasteiger partial charge < -0.3 is 20.0 Å². The Kier molecular flexibility index (Phi) is 2.84. The fourth-order valence-corrected chi connectivity index (χ4v) is 2.27. The van der Waals surface area contributed by atoms with Gasteiger partial charge in [0.15, 0.2) is 0 Å². The molecule has 102 valence electrons. The normalized spacial score (nSPS) is 11.1. The van der Waals surface area contributed by atoms with E-state index in [0.717, 1.165) is 16.3 Å². The minimum Gasteiger partial charge on any atom is -0.465 e. The van der Waals surface area contributed by atoms with Crippen molar-refractivity contribution < 1.29 is 19.1 Å². The summed E-state index contributed by atoms with van der Waals surface area (Å²) in [6.45, 7) is -0.0433. The summed E-state index contributed by atoms with van der Waals surface area (Å²) in [6, 6.07) is 8.69. The molecule has 5 nitrogen and oxygen atoms in total. The number of hydrogen-bond donors (Lipinski definition) is 2. The zero-order chi connectivity index (χ0) is 14.3. The minimum absolute atomic E-state index is 0.0433. The van der Waals surface area contributed by atoms with E-state index in [1.54, 1.807) is 24.3 Å². The number of methoxy groups -OCH3 is 1. The van der Waals surface area contributed by atoms with E-state index in [0.29, 0.717) is 16.9 Å². The zero-order valence-electron chi connectivity index (χ0n) is 10.8. The van der Waals surface area contributed by atoms with Crippen LogP contribution in [0, 0.1) is 0 Å². The molecule has 1 aromatic heterocycles. The highest BCUT2D eigenvalue weighted by molar-refractivity contribution is 6.09. The van der Waals surface area contributed by atoms with Crippen LogP contribution in [0.15, 0.2) is 34.7 Å². The summed E-state index contributed by atoms with van der Waals surface area (Å²) in [6.07, 6.45) is 0. The molecule has 3 N–H and O–H groups in total. The maximum absolute atomic E-state index is 11.6. The topological polar surface area (TPSA) is 85.7 Å². The number of aliphatic hydroxyl groups is 1. The summed E-state index contributed by atoms with van der Waals surface area (Å²) in [5.41, 5.74) is 8.53. The van der Waals surface area contributed by atoms with E-state index < -0.39 is 5.97 Å². The predicted molar refractivity (Wildman–Crippen MR) is 75.4 cm³/mol. The zero-order valence-corrected chi connectivity index (χ0v) is 10.8. The highest BCUT2D eigenvalue weighted by Gasteiger charge is 2.15. The van der Waals surface area contributed by atoms with Crippen molar-refractivity contribution in [2.45, 2.75) is 6.61 Å². The van der Waals surface area contributed by atoms with Crippen molar-refractivity contribution in [2.24, 2.45) is 0 Å². The van der Waals surface area contributed by atoms with E-state index in [9.17, 15) is 9.90 Å². The molecule has 2 aromatic carbocycles. The molecule has 0 aliphatic rings. The average Bonchev–Trinajstić information content (AvgIpc) is 2.82. The quantitative estimate of drug-likeness (QED) is 0.552. The van der Waals surface area contributed by atoms with Gasteiger partial charge in [0.25, 0.3) is 0 Å². The fourth-order valence-electron chi connectivity index (χ4n) is 2.27. The lowest BCUT2D eigenvalue weighted by Crippen LogP contribution is -2.05. The standard InChI is InChI=1S/C15H13NO4/c1-19-15(18)11-6-14-10(5-12(11)16)9-4-8(7-17)2-3-13(9)20-14/h2-6,17H,7,16H2,1H3. The molecule has 20 heavy (non-hydrogen) atoms. The van der Waals surface area contributed by atoms with Crippen molar-refractivity contribution in [1.82, 2.24) is 0 Å². The van der Waals surface area contributed by atoms with E-state index >= 15 is 0 Å². The lowest BCUT2D eigenvalue weighted by molar-refractivity contribution is 0.0602. The van der Waals surface area contributed by atoms with Gasteiger partial charge >= 0.3 is 5.97 Å². The highest BCUT2D eigenvalue weighted by Crippen LogP contribution is 2.32. The molecule has 0 spiro atoms. The molecular formula is C15H13NO4. The molecule has 3 aromatic rings. The van der Waals surface area contributed by atoms with E-state index in [1.165, 1.54) is 7.11 Å². The average molecular weight is 271 g/mol. The summed E-state index contributed by atoms with van der Waals surface area (Å²) in [7, 11) is 1.30. The minimum atomic E-state index is -0.499. The molecule has 5 heteroatoms. The lowest BCUT2D eigenvalue weighted by Gasteiger charge is -2.03. The van der Waals surface area contributed by atoms with Crippen LogP contribution in [0.5, 0.6) is 0 Å². The monoisotopic (exact) mass is 271 g/mol. The number of anilines is 1. The molecule has 1 heterocycles. The third-order valence-corrected chi connectivity index (χ3v) is 3.29. The number of fused-ring (bicyclic) bond motifs is 3. The van der Waals surface area contributed by atoms with Gasteiger partial charge in [-0.15, -0.1) is 0 Å². The van der Waals surface area contributed by atoms with Crippen LogP contribution in [0.4, 0.5) is 5.69 Å². The summed E-state index contributed by atoms with van der Waals surface area (Å²) in [4.78, 5) is 11.6. The van der Waals surface area contributed by atoms with Crippen molar-refractivity contribution in [2.75, 3.05) is 12.8 Å². The number of rotatable bonds is 2. The number of furan rings is 1. The van der Waals surface area contributed by atoms with E-state index in [1.807, 2.05) is 6.07 Å². The summed E-state index contributed by atoms with van der Waals surface area (Å²) >= 11 is 0. The van der Waals surface area contributed by atoms with Gasteiger partial charge in [0.2, 0.25) is 0 Å². The first-order chi connectivity index (χ1) is 9.63. The third-order valence-electron chi connectivity index (χ3n) is 3.29. The van der Waals surface area contributed by atoms with Crippen molar-refractivity contribution >= 4 is 33.6 Å². The largest absolute Gasteiger partial charge is 0.465 e. The number of nitrogens with two attached hydrogens (primary N) is 1. The van der Waals surface area contributed by atoms with Crippen LogP contribution in [-0.4, -0.2) is 18.2 Å². The Morgan fingerprint density at radius 3 is 2.70 bits per heavy atom. The van der Waals surface area contributed by atoms with Gasteiger partial charge in [-0.25, -0.2) is 4.79 Å². The number of aliphatic hydroxyl groups excluding tert-OH is 1. The third kappa shape index (κ3) is 1.80. The number of esters is 1. The van der Waals surface area contributed by atoms with Crippen molar-refractivity contribution in [1.29, 1.82) is 0 Å². The van der Waals surface area contributed by atoms with Gasteiger partial charge in [0.1, 0.15) is 11.2 Å². The van der Waals surface area contributed by atoms with Crippen LogP contribution in [0.25, 0.3) is 21.9 Å². The van der Waals surface area contributed by atoms with Crippen molar-refractivity contribution in [3.8, 4) is 0 Å². The molecule has 0 saturated carbocycles. The Morgan fingerprint density at radius 2 is 2.00 bits per heavy atom. The Morgan fingerprint density at radius 1 is 1.25 bits per heavy atom. The molecule has 0 atom stereocenters. The van der Waals surface area contributed by atoms with Crippen LogP contribution in [0.2, 0.25) is 0 Å². The molecular weight excluding hydrogens is 258 g/mol. The first-order valence-electron chi connectivity index (χ1n) is 6.08. The van der Waals surface area contributed by atoms with Crippen molar-refractivity contribution in [3.63, 3.8) is 0 Å². The number of ether oxygens (including phenoxy) is 1. The van der Waals surface area contributed by atoms with Gasteiger partial charge in [-0.2, -0.15) is 0 Å². The summed E-state index contributed by atoms with van der Waals surface area (Å²) in [5.74, 6) is -0.499. The molecule has 0 aliphatic carbocycles. The number of benzene rings is 2. The van der Waals surface area contributed by atoms with E-state index in [-0.39, 0.29) is 12.2 Å². The molecule has 0 radical (unpaired) electrons. The molecule has 0 unspecified atom stereocenters. The predicted octanol–water partition coefficient (Wildman–Crippen LogP) is 2.45.